The fraction of sp³-hybridized carbons (Fsp3) is 0.222. The van der Waals surface area contributed by atoms with Gasteiger partial charge in [0.2, 0.25) is 0 Å². The van der Waals surface area contributed by atoms with Crippen molar-refractivity contribution >= 4 is 20.4 Å². The van der Waals surface area contributed by atoms with E-state index in [2.05, 4.69) is 6.58 Å². The average molecular weight is 345 g/mol. The summed E-state index contributed by atoms with van der Waals surface area (Å²) < 4.78 is 23.8. The number of aryl methyl sites for hydroxylation is 1. The molecule has 2 aromatic carbocycles. The molecule has 0 aromatic heterocycles. The molecule has 0 aliphatic rings. The van der Waals surface area contributed by atoms with Crippen LogP contribution >= 0.6 is 0 Å². The van der Waals surface area contributed by atoms with Gasteiger partial charge in [-0.25, -0.2) is 8.42 Å². The highest BCUT2D eigenvalue weighted by atomic mass is 32.2. The van der Waals surface area contributed by atoms with E-state index in [1.165, 1.54) is 6.07 Å². The Hall–Kier alpha value is -2.47. The molecule has 0 bridgehead atoms. The second kappa shape index (κ2) is 6.97. The van der Waals surface area contributed by atoms with Crippen LogP contribution in [0.2, 0.25) is 0 Å². The highest BCUT2D eigenvalue weighted by molar-refractivity contribution is 7.99. The predicted molar refractivity (Wildman–Crippen MR) is 96.4 cm³/mol. The first kappa shape index (κ1) is 17.9. The van der Waals surface area contributed by atoms with Gasteiger partial charge in [-0.2, -0.15) is 0 Å². The van der Waals surface area contributed by atoms with Gasteiger partial charge in [-0.1, -0.05) is 56.3 Å². The van der Waals surface area contributed by atoms with E-state index in [0.29, 0.717) is 17.5 Å². The van der Waals surface area contributed by atoms with Crippen LogP contribution in [0, 0.1) is 10.1 Å². The summed E-state index contributed by atoms with van der Waals surface area (Å²) in [5.41, 5.74) is 2.05. The van der Waals surface area contributed by atoms with E-state index in [1.807, 2.05) is 43.3 Å². The smallest absolute Gasteiger partial charge is 0.258 e. The third-order valence-electron chi connectivity index (χ3n) is 3.75. The molecule has 5 nitrogen and oxygen atoms in total. The number of nitro groups is 1. The molecular formula is C18H19NO4S. The van der Waals surface area contributed by atoms with Crippen LogP contribution in [0.3, 0.4) is 0 Å². The number of rotatable bonds is 6. The molecule has 0 aliphatic heterocycles. The van der Waals surface area contributed by atoms with Crippen molar-refractivity contribution in [2.75, 3.05) is 6.26 Å². The third-order valence-corrected chi connectivity index (χ3v) is 4.85. The van der Waals surface area contributed by atoms with E-state index in [9.17, 15) is 18.5 Å². The SMILES string of the molecule is C=C(c1c(CCC)cc(-c2ccccc2)cc1[N+](=O)[O-])S(C)(=O)=O. The number of nitrogens with zero attached hydrogens (tertiary/aromatic N) is 1. The van der Waals surface area contributed by atoms with Crippen LogP contribution in [0.5, 0.6) is 0 Å². The lowest BCUT2D eigenvalue weighted by Gasteiger charge is -2.13. The molecule has 0 atom stereocenters. The van der Waals surface area contributed by atoms with Gasteiger partial charge in [-0.15, -0.1) is 0 Å². The first-order valence-electron chi connectivity index (χ1n) is 7.51. The van der Waals surface area contributed by atoms with Gasteiger partial charge in [-0.05, 0) is 23.1 Å². The Kier molecular flexibility index (Phi) is 5.19. The van der Waals surface area contributed by atoms with Gasteiger partial charge < -0.3 is 0 Å². The van der Waals surface area contributed by atoms with Crippen LogP contribution in [0.25, 0.3) is 16.0 Å². The van der Waals surface area contributed by atoms with Gasteiger partial charge in [0, 0.05) is 12.3 Å². The first-order valence-corrected chi connectivity index (χ1v) is 9.41. The molecule has 0 radical (unpaired) electrons. The molecule has 0 saturated heterocycles. The lowest BCUT2D eigenvalue weighted by Crippen LogP contribution is -2.06. The maximum Gasteiger partial charge on any atom is 0.278 e. The first-order chi connectivity index (χ1) is 11.3. The summed E-state index contributed by atoms with van der Waals surface area (Å²) >= 11 is 0. The molecule has 126 valence electrons. The summed E-state index contributed by atoms with van der Waals surface area (Å²) in [6, 6.07) is 12.5. The maximum atomic E-state index is 11.9. The summed E-state index contributed by atoms with van der Waals surface area (Å²) in [6.07, 6.45) is 2.28. The summed E-state index contributed by atoms with van der Waals surface area (Å²) in [6.45, 7) is 5.53. The van der Waals surface area contributed by atoms with Crippen molar-refractivity contribution in [2.45, 2.75) is 19.8 Å². The van der Waals surface area contributed by atoms with Crippen LogP contribution in [-0.4, -0.2) is 19.6 Å². The van der Waals surface area contributed by atoms with Crippen molar-refractivity contribution in [1.82, 2.24) is 0 Å². The molecule has 0 heterocycles. The Balaban J connectivity index is 2.79. The largest absolute Gasteiger partial charge is 0.278 e. The van der Waals surface area contributed by atoms with E-state index in [1.54, 1.807) is 0 Å². The molecule has 0 unspecified atom stereocenters. The van der Waals surface area contributed by atoms with Crippen molar-refractivity contribution in [3.05, 3.63) is 70.3 Å². The van der Waals surface area contributed by atoms with Crippen molar-refractivity contribution in [1.29, 1.82) is 0 Å². The second-order valence-electron chi connectivity index (χ2n) is 5.60. The van der Waals surface area contributed by atoms with Gasteiger partial charge in [0.15, 0.2) is 9.84 Å². The predicted octanol–water partition coefficient (Wildman–Crippen LogP) is 4.23. The van der Waals surface area contributed by atoms with Crippen molar-refractivity contribution < 1.29 is 13.3 Å². The van der Waals surface area contributed by atoms with Crippen molar-refractivity contribution in [3.63, 3.8) is 0 Å². The zero-order valence-electron chi connectivity index (χ0n) is 13.7. The molecule has 0 N–H and O–H groups in total. The highest BCUT2D eigenvalue weighted by Gasteiger charge is 2.26. The van der Waals surface area contributed by atoms with Crippen LogP contribution in [0.1, 0.15) is 24.5 Å². The molecule has 0 saturated carbocycles. The monoisotopic (exact) mass is 345 g/mol. The lowest BCUT2D eigenvalue weighted by atomic mass is 9.95. The maximum absolute atomic E-state index is 11.9. The van der Waals surface area contributed by atoms with Crippen molar-refractivity contribution in [2.24, 2.45) is 0 Å². The Morgan fingerprint density at radius 1 is 1.17 bits per heavy atom. The molecule has 24 heavy (non-hydrogen) atoms. The topological polar surface area (TPSA) is 77.3 Å². The molecule has 0 amide bonds. The normalized spacial score (nSPS) is 11.2. The van der Waals surface area contributed by atoms with Gasteiger partial charge in [0.25, 0.3) is 5.69 Å². The van der Waals surface area contributed by atoms with Crippen LogP contribution in [-0.2, 0) is 16.3 Å². The molecule has 6 heteroatoms. The Labute approximate surface area is 141 Å². The van der Waals surface area contributed by atoms with E-state index in [-0.39, 0.29) is 16.2 Å². The fourth-order valence-electron chi connectivity index (χ4n) is 2.60. The zero-order valence-corrected chi connectivity index (χ0v) is 14.5. The third kappa shape index (κ3) is 3.71. The minimum absolute atomic E-state index is 0.115. The Morgan fingerprint density at radius 3 is 2.29 bits per heavy atom. The highest BCUT2D eigenvalue weighted by Crippen LogP contribution is 2.36. The second-order valence-corrected chi connectivity index (χ2v) is 7.64. The zero-order chi connectivity index (χ0) is 17.9. The van der Waals surface area contributed by atoms with Crippen LogP contribution < -0.4 is 0 Å². The Bertz CT molecular complexity index is 887. The minimum Gasteiger partial charge on any atom is -0.258 e. The summed E-state index contributed by atoms with van der Waals surface area (Å²) in [4.78, 5) is 10.8. The van der Waals surface area contributed by atoms with Gasteiger partial charge in [0.05, 0.1) is 15.4 Å². The molecule has 0 aliphatic carbocycles. The van der Waals surface area contributed by atoms with Gasteiger partial charge in [0.1, 0.15) is 0 Å². The van der Waals surface area contributed by atoms with Crippen LogP contribution in [0.15, 0.2) is 49.0 Å². The number of hydrogen-bond donors (Lipinski definition) is 0. The van der Waals surface area contributed by atoms with E-state index >= 15 is 0 Å². The summed E-state index contributed by atoms with van der Waals surface area (Å²) in [5, 5.41) is 11.6. The van der Waals surface area contributed by atoms with E-state index < -0.39 is 14.8 Å². The van der Waals surface area contributed by atoms with Crippen LogP contribution in [0.4, 0.5) is 5.69 Å². The molecule has 0 fully saturated rings. The molecular weight excluding hydrogens is 326 g/mol. The number of benzene rings is 2. The quantitative estimate of drug-likeness (QED) is 0.580. The average Bonchev–Trinajstić information content (AvgIpc) is 2.53. The molecule has 0 spiro atoms. The molecule has 2 rings (SSSR count). The standard InChI is InChI=1S/C18H19NO4S/c1-4-8-15-11-16(14-9-6-5-7-10-14)12-17(19(20)21)18(15)13(2)24(3,22)23/h5-7,9-12H,2,4,8H2,1,3H3. The van der Waals surface area contributed by atoms with E-state index in [0.717, 1.165) is 18.2 Å². The molecule has 2 aromatic rings. The summed E-state index contributed by atoms with van der Waals surface area (Å²) in [7, 11) is -3.63. The fourth-order valence-corrected chi connectivity index (χ4v) is 3.21. The van der Waals surface area contributed by atoms with Gasteiger partial charge >= 0.3 is 0 Å². The van der Waals surface area contributed by atoms with Crippen molar-refractivity contribution in [3.8, 4) is 11.1 Å². The van der Waals surface area contributed by atoms with Gasteiger partial charge in [-0.3, -0.25) is 10.1 Å². The number of hydrogen-bond acceptors (Lipinski definition) is 4. The number of sulfone groups is 1. The lowest BCUT2D eigenvalue weighted by molar-refractivity contribution is -0.385. The number of nitro benzene ring substituents is 1. The Morgan fingerprint density at radius 2 is 1.79 bits per heavy atom. The summed E-state index contributed by atoms with van der Waals surface area (Å²) in [5.74, 6) is 0. The van der Waals surface area contributed by atoms with E-state index in [4.69, 9.17) is 0 Å². The minimum atomic E-state index is -3.63.